The van der Waals surface area contributed by atoms with Gasteiger partial charge in [0, 0.05) is 31.2 Å². The number of hydrogen-bond acceptors (Lipinski definition) is 8. The molecule has 9 nitrogen and oxygen atoms in total. The van der Waals surface area contributed by atoms with Crippen LogP contribution in [0.1, 0.15) is 23.3 Å². The zero-order chi connectivity index (χ0) is 22.8. The number of pyridine rings is 1. The third-order valence-corrected chi connectivity index (χ3v) is 7.05. The van der Waals surface area contributed by atoms with Crippen molar-refractivity contribution >= 4 is 21.4 Å². The van der Waals surface area contributed by atoms with Gasteiger partial charge in [0.05, 0.1) is 22.4 Å². The van der Waals surface area contributed by atoms with Crippen LogP contribution in [0.2, 0.25) is 5.02 Å². The normalized spacial score (nSPS) is 15.2. The standard InChI is InChI=1S/C22H19ClN6O3S/c23-16-11-25-20(26-12-16)7-9-33(30,31)14-21-27-28-22-17-5-1-2-6-19(17)32-13-18(29(21)22)15-4-3-8-24-10-15/h1-6,8,10-12,18H,7,9,13-14H2/t18-/m1/s1. The molecule has 0 fully saturated rings. The van der Waals surface area contributed by atoms with Crippen molar-refractivity contribution in [1.29, 1.82) is 0 Å². The molecular weight excluding hydrogens is 464 g/mol. The van der Waals surface area contributed by atoms with Crippen LogP contribution in [-0.4, -0.2) is 50.5 Å². The van der Waals surface area contributed by atoms with Gasteiger partial charge in [-0.3, -0.25) is 9.55 Å². The van der Waals surface area contributed by atoms with Gasteiger partial charge in [-0.1, -0.05) is 29.8 Å². The molecule has 1 aliphatic rings. The quantitative estimate of drug-likeness (QED) is 0.412. The van der Waals surface area contributed by atoms with E-state index in [9.17, 15) is 8.42 Å². The first-order valence-electron chi connectivity index (χ1n) is 10.2. The van der Waals surface area contributed by atoms with Gasteiger partial charge >= 0.3 is 0 Å². The van der Waals surface area contributed by atoms with Crippen LogP contribution in [0.3, 0.4) is 0 Å². The number of para-hydroxylation sites is 1. The Balaban J connectivity index is 1.49. The van der Waals surface area contributed by atoms with Gasteiger partial charge in [0.15, 0.2) is 15.7 Å². The van der Waals surface area contributed by atoms with Gasteiger partial charge in [0.1, 0.15) is 29.8 Å². The summed E-state index contributed by atoms with van der Waals surface area (Å²) in [7, 11) is -3.53. The highest BCUT2D eigenvalue weighted by Gasteiger charge is 2.30. The smallest absolute Gasteiger partial charge is 0.168 e. The number of fused-ring (bicyclic) bond motifs is 3. The number of aryl methyl sites for hydroxylation is 1. The molecule has 0 unspecified atom stereocenters. The molecule has 0 saturated carbocycles. The predicted octanol–water partition coefficient (Wildman–Crippen LogP) is 2.92. The molecule has 4 aromatic rings. The Hall–Kier alpha value is -3.37. The zero-order valence-corrected chi connectivity index (χ0v) is 18.9. The first-order valence-corrected chi connectivity index (χ1v) is 12.4. The largest absolute Gasteiger partial charge is 0.490 e. The molecule has 0 saturated heterocycles. The minimum atomic E-state index is -3.53. The van der Waals surface area contributed by atoms with E-state index in [1.807, 2.05) is 41.0 Å². The Bertz CT molecular complexity index is 1380. The molecule has 3 aromatic heterocycles. The molecule has 0 radical (unpaired) electrons. The maximum atomic E-state index is 13.0. The van der Waals surface area contributed by atoms with E-state index in [0.29, 0.717) is 34.9 Å². The lowest BCUT2D eigenvalue weighted by Gasteiger charge is -2.19. The summed E-state index contributed by atoms with van der Waals surface area (Å²) in [4.78, 5) is 12.4. The fourth-order valence-electron chi connectivity index (χ4n) is 3.76. The van der Waals surface area contributed by atoms with Gasteiger partial charge in [-0.15, -0.1) is 10.2 Å². The van der Waals surface area contributed by atoms with Crippen molar-refractivity contribution in [3.8, 4) is 17.1 Å². The van der Waals surface area contributed by atoms with Crippen molar-refractivity contribution in [3.05, 3.63) is 83.4 Å². The number of benzene rings is 1. The third-order valence-electron chi connectivity index (χ3n) is 5.33. The van der Waals surface area contributed by atoms with Crippen molar-refractivity contribution in [3.63, 3.8) is 0 Å². The lowest BCUT2D eigenvalue weighted by atomic mass is 10.1. The van der Waals surface area contributed by atoms with E-state index < -0.39 is 9.84 Å². The summed E-state index contributed by atoms with van der Waals surface area (Å²) < 4.78 is 33.9. The van der Waals surface area contributed by atoms with E-state index in [2.05, 4.69) is 25.1 Å². The van der Waals surface area contributed by atoms with Crippen LogP contribution in [0.4, 0.5) is 0 Å². The second kappa shape index (κ2) is 8.87. The minimum Gasteiger partial charge on any atom is -0.490 e. The van der Waals surface area contributed by atoms with E-state index in [4.69, 9.17) is 16.3 Å². The summed E-state index contributed by atoms with van der Waals surface area (Å²) in [5, 5.41) is 9.03. The molecule has 0 amide bonds. The summed E-state index contributed by atoms with van der Waals surface area (Å²) in [5.74, 6) is 1.60. The second-order valence-corrected chi connectivity index (χ2v) is 10.2. The zero-order valence-electron chi connectivity index (χ0n) is 17.4. The van der Waals surface area contributed by atoms with Gasteiger partial charge in [-0.2, -0.15) is 0 Å². The summed E-state index contributed by atoms with van der Waals surface area (Å²) in [6.45, 7) is 0.291. The lowest BCUT2D eigenvalue weighted by Crippen LogP contribution is -2.22. The Kier molecular flexibility index (Phi) is 5.77. The minimum absolute atomic E-state index is 0.124. The molecule has 0 N–H and O–H groups in total. The molecule has 1 aliphatic heterocycles. The molecular formula is C22H19ClN6O3S. The molecule has 0 aliphatic carbocycles. The number of sulfone groups is 1. The molecule has 4 heterocycles. The summed E-state index contributed by atoms with van der Waals surface area (Å²) in [6, 6.07) is 10.9. The van der Waals surface area contributed by atoms with Gasteiger partial charge in [-0.05, 0) is 23.8 Å². The maximum Gasteiger partial charge on any atom is 0.168 e. The van der Waals surface area contributed by atoms with E-state index in [-0.39, 0.29) is 24.0 Å². The van der Waals surface area contributed by atoms with Crippen LogP contribution in [-0.2, 0) is 22.0 Å². The summed E-state index contributed by atoms with van der Waals surface area (Å²) in [5.41, 5.74) is 1.63. The summed E-state index contributed by atoms with van der Waals surface area (Å²) >= 11 is 5.80. The molecule has 33 heavy (non-hydrogen) atoms. The number of ether oxygens (including phenoxy) is 1. The van der Waals surface area contributed by atoms with Crippen LogP contribution in [0, 0.1) is 0 Å². The second-order valence-electron chi connectivity index (χ2n) is 7.58. The molecule has 0 spiro atoms. The van der Waals surface area contributed by atoms with Crippen LogP contribution in [0.15, 0.2) is 61.2 Å². The van der Waals surface area contributed by atoms with Crippen LogP contribution < -0.4 is 4.74 Å². The van der Waals surface area contributed by atoms with Crippen molar-refractivity contribution in [1.82, 2.24) is 29.7 Å². The van der Waals surface area contributed by atoms with Crippen molar-refractivity contribution in [2.45, 2.75) is 18.2 Å². The topological polar surface area (TPSA) is 113 Å². The average molecular weight is 483 g/mol. The highest BCUT2D eigenvalue weighted by Crippen LogP contribution is 2.36. The number of nitrogens with zero attached hydrogens (tertiary/aromatic N) is 6. The number of aromatic nitrogens is 6. The third kappa shape index (κ3) is 4.57. The Morgan fingerprint density at radius 2 is 1.88 bits per heavy atom. The monoisotopic (exact) mass is 482 g/mol. The predicted molar refractivity (Wildman–Crippen MR) is 122 cm³/mol. The molecule has 11 heteroatoms. The fourth-order valence-corrected chi connectivity index (χ4v) is 5.08. The Morgan fingerprint density at radius 3 is 2.67 bits per heavy atom. The van der Waals surface area contributed by atoms with Crippen LogP contribution in [0.5, 0.6) is 5.75 Å². The lowest BCUT2D eigenvalue weighted by molar-refractivity contribution is 0.278. The molecule has 0 bridgehead atoms. The van der Waals surface area contributed by atoms with Crippen molar-refractivity contribution in [2.75, 3.05) is 12.4 Å². The van der Waals surface area contributed by atoms with Crippen molar-refractivity contribution in [2.24, 2.45) is 0 Å². The van der Waals surface area contributed by atoms with E-state index in [1.165, 1.54) is 12.4 Å². The summed E-state index contributed by atoms with van der Waals surface area (Å²) in [6.07, 6.45) is 6.51. The van der Waals surface area contributed by atoms with Gasteiger partial charge in [0.25, 0.3) is 0 Å². The Labute approximate surface area is 195 Å². The first-order chi connectivity index (χ1) is 16.0. The van der Waals surface area contributed by atoms with E-state index >= 15 is 0 Å². The molecule has 1 aromatic carbocycles. The van der Waals surface area contributed by atoms with Crippen LogP contribution >= 0.6 is 11.6 Å². The SMILES string of the molecule is O=S(=O)(CCc1ncc(Cl)cn1)Cc1nnc2n1[C@@H](c1cccnc1)COc1ccccc1-2. The van der Waals surface area contributed by atoms with Gasteiger partial charge < -0.3 is 4.74 Å². The highest BCUT2D eigenvalue weighted by atomic mass is 35.5. The molecule has 1 atom stereocenters. The number of halogens is 1. The molecule has 5 rings (SSSR count). The highest BCUT2D eigenvalue weighted by molar-refractivity contribution is 7.90. The average Bonchev–Trinajstić information content (AvgIpc) is 3.14. The fraction of sp³-hybridized carbons (Fsp3) is 0.227. The maximum absolute atomic E-state index is 13.0. The number of rotatable bonds is 6. The number of hydrogen-bond donors (Lipinski definition) is 0. The van der Waals surface area contributed by atoms with Gasteiger partial charge in [-0.25, -0.2) is 18.4 Å². The van der Waals surface area contributed by atoms with Crippen molar-refractivity contribution < 1.29 is 13.2 Å². The van der Waals surface area contributed by atoms with Gasteiger partial charge in [0.2, 0.25) is 0 Å². The van der Waals surface area contributed by atoms with E-state index in [0.717, 1.165) is 11.1 Å². The Morgan fingerprint density at radius 1 is 1.06 bits per heavy atom. The molecule has 168 valence electrons. The van der Waals surface area contributed by atoms with E-state index in [1.54, 1.807) is 12.4 Å². The van der Waals surface area contributed by atoms with Crippen LogP contribution in [0.25, 0.3) is 11.4 Å². The first kappa shape index (κ1) is 21.5.